The van der Waals surface area contributed by atoms with Crippen LogP contribution >= 0.6 is 0 Å². The molecule has 24 heavy (non-hydrogen) atoms. The highest BCUT2D eigenvalue weighted by Crippen LogP contribution is 2.17. The summed E-state index contributed by atoms with van der Waals surface area (Å²) in [4.78, 5) is 12.1. The van der Waals surface area contributed by atoms with E-state index in [1.54, 1.807) is 12.1 Å². The molecule has 0 saturated heterocycles. The lowest BCUT2D eigenvalue weighted by Crippen LogP contribution is -2.08. The number of rotatable bonds is 8. The monoisotopic (exact) mass is 328 g/mol. The third-order valence-electron chi connectivity index (χ3n) is 4.16. The molecule has 0 radical (unpaired) electrons. The van der Waals surface area contributed by atoms with Crippen molar-refractivity contribution in [1.29, 1.82) is 0 Å². The molecule has 1 atom stereocenters. The Morgan fingerprint density at radius 2 is 1.71 bits per heavy atom. The highest BCUT2D eigenvalue weighted by Gasteiger charge is 2.09. The van der Waals surface area contributed by atoms with Gasteiger partial charge in [-0.05, 0) is 60.7 Å². The van der Waals surface area contributed by atoms with Crippen LogP contribution in [0.1, 0.15) is 55.5 Å². The van der Waals surface area contributed by atoms with E-state index in [2.05, 4.69) is 13.8 Å². The van der Waals surface area contributed by atoms with Gasteiger partial charge in [-0.2, -0.15) is 0 Å². The van der Waals surface area contributed by atoms with Crippen LogP contribution in [0.5, 0.6) is 5.75 Å². The Morgan fingerprint density at radius 1 is 1.04 bits per heavy atom. The molecule has 0 spiro atoms. The fraction of sp³-hybridized carbons (Fsp3) is 0.381. The average molecular weight is 328 g/mol. The third-order valence-corrected chi connectivity index (χ3v) is 4.16. The summed E-state index contributed by atoms with van der Waals surface area (Å²) < 4.78 is 18.1. The van der Waals surface area contributed by atoms with Crippen LogP contribution in [0.3, 0.4) is 0 Å². The van der Waals surface area contributed by atoms with Crippen molar-refractivity contribution in [2.45, 2.75) is 46.0 Å². The van der Waals surface area contributed by atoms with Gasteiger partial charge in [0.05, 0.1) is 5.56 Å². The van der Waals surface area contributed by atoms with Crippen LogP contribution in [0.4, 0.5) is 4.39 Å². The largest absolute Gasteiger partial charge is 0.423 e. The van der Waals surface area contributed by atoms with Crippen molar-refractivity contribution in [3.05, 3.63) is 65.5 Å². The number of hydrogen-bond donors (Lipinski definition) is 0. The molecule has 0 aliphatic carbocycles. The van der Waals surface area contributed by atoms with Crippen LogP contribution in [0, 0.1) is 11.7 Å². The minimum absolute atomic E-state index is 0.343. The number of aryl methyl sites for hydroxylation is 1. The maximum atomic E-state index is 12.8. The molecule has 2 nitrogen and oxygen atoms in total. The molecule has 0 bridgehead atoms. The molecule has 0 heterocycles. The lowest BCUT2D eigenvalue weighted by atomic mass is 9.97. The molecule has 128 valence electrons. The molecular formula is C21H25FO2. The van der Waals surface area contributed by atoms with Crippen molar-refractivity contribution in [1.82, 2.24) is 0 Å². The van der Waals surface area contributed by atoms with Gasteiger partial charge in [-0.1, -0.05) is 45.2 Å². The standard InChI is InChI=1S/C21H25FO2/c1-3-5-16(2)6-4-7-17-8-10-18(11-9-17)21(23)24-20-14-12-19(22)13-15-20/h8-16H,3-7H2,1-2H3. The first-order chi connectivity index (χ1) is 11.6. The summed E-state index contributed by atoms with van der Waals surface area (Å²) in [6.07, 6.45) is 5.96. The summed E-state index contributed by atoms with van der Waals surface area (Å²) in [5.74, 6) is 0.340. The fourth-order valence-electron chi connectivity index (χ4n) is 2.77. The van der Waals surface area contributed by atoms with Crippen LogP contribution < -0.4 is 4.74 Å². The van der Waals surface area contributed by atoms with Crippen molar-refractivity contribution in [2.75, 3.05) is 0 Å². The SMILES string of the molecule is CCCC(C)CCCc1ccc(C(=O)Oc2ccc(F)cc2)cc1. The predicted molar refractivity (Wildman–Crippen MR) is 94.8 cm³/mol. The average Bonchev–Trinajstić information content (AvgIpc) is 2.58. The summed E-state index contributed by atoms with van der Waals surface area (Å²) in [5.41, 5.74) is 1.74. The van der Waals surface area contributed by atoms with Gasteiger partial charge in [-0.25, -0.2) is 9.18 Å². The van der Waals surface area contributed by atoms with Crippen LogP contribution in [0.15, 0.2) is 48.5 Å². The summed E-state index contributed by atoms with van der Waals surface area (Å²) in [7, 11) is 0. The minimum atomic E-state index is -0.426. The zero-order valence-corrected chi connectivity index (χ0v) is 14.4. The van der Waals surface area contributed by atoms with Gasteiger partial charge in [-0.3, -0.25) is 0 Å². The van der Waals surface area contributed by atoms with Gasteiger partial charge in [0.2, 0.25) is 0 Å². The van der Waals surface area contributed by atoms with E-state index in [0.29, 0.717) is 11.3 Å². The molecule has 0 amide bonds. The third kappa shape index (κ3) is 5.80. The van der Waals surface area contributed by atoms with Gasteiger partial charge in [0.25, 0.3) is 0 Å². The second-order valence-corrected chi connectivity index (χ2v) is 6.33. The van der Waals surface area contributed by atoms with E-state index in [1.807, 2.05) is 12.1 Å². The number of carbonyl (C=O) groups is 1. The molecule has 3 heteroatoms. The maximum Gasteiger partial charge on any atom is 0.343 e. The van der Waals surface area contributed by atoms with Gasteiger partial charge in [0, 0.05) is 0 Å². The summed E-state index contributed by atoms with van der Waals surface area (Å²) in [5, 5.41) is 0. The molecule has 0 aliphatic heterocycles. The highest BCUT2D eigenvalue weighted by atomic mass is 19.1. The predicted octanol–water partition coefficient (Wildman–Crippen LogP) is 5.80. The lowest BCUT2D eigenvalue weighted by molar-refractivity contribution is 0.0734. The topological polar surface area (TPSA) is 26.3 Å². The Kier molecular flexibility index (Phi) is 6.98. The molecule has 1 unspecified atom stereocenters. The second-order valence-electron chi connectivity index (χ2n) is 6.33. The van der Waals surface area contributed by atoms with E-state index in [4.69, 9.17) is 4.74 Å². The smallest absolute Gasteiger partial charge is 0.343 e. The van der Waals surface area contributed by atoms with E-state index in [-0.39, 0.29) is 5.82 Å². The van der Waals surface area contributed by atoms with Crippen LogP contribution in [0.25, 0.3) is 0 Å². The molecule has 0 saturated carbocycles. The zero-order valence-electron chi connectivity index (χ0n) is 14.4. The first-order valence-electron chi connectivity index (χ1n) is 8.65. The lowest BCUT2D eigenvalue weighted by Gasteiger charge is -2.09. The van der Waals surface area contributed by atoms with E-state index >= 15 is 0 Å². The molecule has 2 rings (SSSR count). The van der Waals surface area contributed by atoms with Gasteiger partial charge in [-0.15, -0.1) is 0 Å². The summed E-state index contributed by atoms with van der Waals surface area (Å²) in [6.45, 7) is 4.53. The maximum absolute atomic E-state index is 12.8. The molecule has 0 fully saturated rings. The van der Waals surface area contributed by atoms with E-state index in [1.165, 1.54) is 55.5 Å². The highest BCUT2D eigenvalue weighted by molar-refractivity contribution is 5.91. The van der Waals surface area contributed by atoms with Gasteiger partial charge in [0.1, 0.15) is 11.6 Å². The molecule has 2 aromatic carbocycles. The second kappa shape index (κ2) is 9.21. The number of ether oxygens (including phenoxy) is 1. The number of halogens is 1. The Balaban J connectivity index is 1.84. The first kappa shape index (κ1) is 18.2. The van der Waals surface area contributed by atoms with Crippen molar-refractivity contribution >= 4 is 5.97 Å². The zero-order chi connectivity index (χ0) is 17.4. The number of carbonyl (C=O) groups excluding carboxylic acids is 1. The fourth-order valence-corrected chi connectivity index (χ4v) is 2.77. The Hall–Kier alpha value is -2.16. The molecule has 0 aromatic heterocycles. The van der Waals surface area contributed by atoms with Crippen LogP contribution in [-0.4, -0.2) is 5.97 Å². The molecule has 2 aromatic rings. The van der Waals surface area contributed by atoms with E-state index in [9.17, 15) is 9.18 Å². The van der Waals surface area contributed by atoms with Gasteiger partial charge >= 0.3 is 5.97 Å². The van der Waals surface area contributed by atoms with Crippen molar-refractivity contribution in [2.24, 2.45) is 5.92 Å². The van der Waals surface area contributed by atoms with Gasteiger partial charge < -0.3 is 4.74 Å². The molecule has 0 N–H and O–H groups in total. The van der Waals surface area contributed by atoms with E-state index in [0.717, 1.165) is 12.3 Å². The van der Waals surface area contributed by atoms with Crippen molar-refractivity contribution in [3.63, 3.8) is 0 Å². The molecule has 0 aliphatic rings. The normalized spacial score (nSPS) is 12.0. The van der Waals surface area contributed by atoms with Crippen molar-refractivity contribution < 1.29 is 13.9 Å². The first-order valence-corrected chi connectivity index (χ1v) is 8.65. The Morgan fingerprint density at radius 3 is 2.33 bits per heavy atom. The minimum Gasteiger partial charge on any atom is -0.423 e. The van der Waals surface area contributed by atoms with Crippen LogP contribution in [-0.2, 0) is 6.42 Å². The quantitative estimate of drug-likeness (QED) is 0.452. The number of benzene rings is 2. The number of esters is 1. The van der Waals surface area contributed by atoms with Gasteiger partial charge in [0.15, 0.2) is 0 Å². The molecular weight excluding hydrogens is 303 g/mol. The number of hydrogen-bond acceptors (Lipinski definition) is 2. The summed E-state index contributed by atoms with van der Waals surface area (Å²) >= 11 is 0. The van der Waals surface area contributed by atoms with Crippen LogP contribution in [0.2, 0.25) is 0 Å². The summed E-state index contributed by atoms with van der Waals surface area (Å²) in [6, 6.07) is 13.0. The van der Waals surface area contributed by atoms with E-state index < -0.39 is 5.97 Å². The Labute approximate surface area is 143 Å². The Bertz CT molecular complexity index is 632. The van der Waals surface area contributed by atoms with Crippen molar-refractivity contribution in [3.8, 4) is 5.75 Å².